The normalized spacial score (nSPS) is 10.4. The molecule has 2 rings (SSSR count). The Hall–Kier alpha value is -2.82. The van der Waals surface area contributed by atoms with Crippen LogP contribution in [0, 0.1) is 13.8 Å². The number of nitrogens with one attached hydrogen (secondary N) is 2. The zero-order valence-corrected chi connectivity index (χ0v) is 14.3. The lowest BCUT2D eigenvalue weighted by Crippen LogP contribution is -2.29. The van der Waals surface area contributed by atoms with E-state index in [1.54, 1.807) is 24.3 Å². The fourth-order valence-corrected chi connectivity index (χ4v) is 2.24. The van der Waals surface area contributed by atoms with Gasteiger partial charge in [0.2, 0.25) is 0 Å². The van der Waals surface area contributed by atoms with Crippen molar-refractivity contribution in [3.05, 3.63) is 53.6 Å². The largest absolute Gasteiger partial charge is 0.489 e. The number of amides is 2. The fraction of sp³-hybridized carbons (Fsp3) is 0.263. The molecule has 2 aromatic carbocycles. The Balaban J connectivity index is 2.08. The molecule has 0 aliphatic rings. The second-order valence-electron chi connectivity index (χ2n) is 5.89. The van der Waals surface area contributed by atoms with Crippen molar-refractivity contribution < 1.29 is 14.3 Å². The number of hydrogen-bond acceptors (Lipinski definition) is 3. The first-order valence-corrected chi connectivity index (χ1v) is 7.82. The molecule has 0 heterocycles. The zero-order valence-electron chi connectivity index (χ0n) is 14.3. The van der Waals surface area contributed by atoms with E-state index in [-0.39, 0.29) is 6.10 Å². The summed E-state index contributed by atoms with van der Waals surface area (Å²) < 4.78 is 5.63. The number of anilines is 2. The lowest BCUT2D eigenvalue weighted by Gasteiger charge is -2.15. The van der Waals surface area contributed by atoms with Crippen LogP contribution in [-0.2, 0) is 9.59 Å². The number of carbonyl (C=O) groups excluding carboxylic acids is 2. The molecule has 0 bridgehead atoms. The molecule has 0 aliphatic heterocycles. The van der Waals surface area contributed by atoms with Gasteiger partial charge in [0.1, 0.15) is 5.75 Å². The maximum Gasteiger partial charge on any atom is 0.314 e. The van der Waals surface area contributed by atoms with Gasteiger partial charge < -0.3 is 15.4 Å². The molecule has 0 spiro atoms. The average molecular weight is 326 g/mol. The number of ether oxygens (including phenoxy) is 1. The summed E-state index contributed by atoms with van der Waals surface area (Å²) in [6.45, 7) is 7.64. The van der Waals surface area contributed by atoms with Gasteiger partial charge in [-0.1, -0.05) is 29.8 Å². The number of hydrogen-bond donors (Lipinski definition) is 2. The van der Waals surface area contributed by atoms with Crippen molar-refractivity contribution in [2.24, 2.45) is 0 Å². The molecule has 24 heavy (non-hydrogen) atoms. The minimum atomic E-state index is -0.741. The molecule has 0 atom stereocenters. The van der Waals surface area contributed by atoms with Gasteiger partial charge in [0.15, 0.2) is 0 Å². The van der Waals surface area contributed by atoms with E-state index >= 15 is 0 Å². The summed E-state index contributed by atoms with van der Waals surface area (Å²) in [5.41, 5.74) is 3.08. The monoisotopic (exact) mass is 326 g/mol. The Morgan fingerprint density at radius 2 is 1.54 bits per heavy atom. The lowest BCUT2D eigenvalue weighted by molar-refractivity contribution is -0.133. The molecule has 2 aromatic rings. The standard InChI is InChI=1S/C19H22N2O3/c1-12(2)24-17-8-6-5-7-16(17)21-19(23)18(22)20-15-10-9-13(3)11-14(15)4/h5-12H,1-4H3,(H,20,22)(H,21,23). The van der Waals surface area contributed by atoms with Crippen molar-refractivity contribution in [2.75, 3.05) is 10.6 Å². The van der Waals surface area contributed by atoms with Crippen LogP contribution in [0.5, 0.6) is 5.75 Å². The molecule has 126 valence electrons. The van der Waals surface area contributed by atoms with Crippen LogP contribution in [0.2, 0.25) is 0 Å². The molecule has 0 saturated heterocycles. The van der Waals surface area contributed by atoms with Crippen molar-refractivity contribution >= 4 is 23.2 Å². The molecule has 5 nitrogen and oxygen atoms in total. The van der Waals surface area contributed by atoms with Gasteiger partial charge in [-0.3, -0.25) is 9.59 Å². The minimum absolute atomic E-state index is 0.0351. The second kappa shape index (κ2) is 7.64. The van der Waals surface area contributed by atoms with E-state index < -0.39 is 11.8 Å². The van der Waals surface area contributed by atoms with E-state index in [9.17, 15) is 9.59 Å². The van der Waals surface area contributed by atoms with Crippen molar-refractivity contribution in [3.63, 3.8) is 0 Å². The third-order valence-corrected chi connectivity index (χ3v) is 3.33. The predicted octanol–water partition coefficient (Wildman–Crippen LogP) is 3.67. The highest BCUT2D eigenvalue weighted by atomic mass is 16.5. The number of rotatable bonds is 4. The van der Waals surface area contributed by atoms with E-state index in [1.165, 1.54) is 0 Å². The highest BCUT2D eigenvalue weighted by Gasteiger charge is 2.17. The average Bonchev–Trinajstić information content (AvgIpc) is 2.51. The van der Waals surface area contributed by atoms with Crippen LogP contribution >= 0.6 is 0 Å². The molecule has 0 aromatic heterocycles. The van der Waals surface area contributed by atoms with Crippen LogP contribution in [-0.4, -0.2) is 17.9 Å². The fourth-order valence-electron chi connectivity index (χ4n) is 2.24. The van der Waals surface area contributed by atoms with Crippen molar-refractivity contribution in [3.8, 4) is 5.75 Å². The Morgan fingerprint density at radius 1 is 0.917 bits per heavy atom. The highest BCUT2D eigenvalue weighted by Crippen LogP contribution is 2.25. The van der Waals surface area contributed by atoms with Crippen LogP contribution < -0.4 is 15.4 Å². The zero-order chi connectivity index (χ0) is 17.7. The Labute approximate surface area is 142 Å². The number of aryl methyl sites for hydroxylation is 2. The first kappa shape index (κ1) is 17.5. The van der Waals surface area contributed by atoms with Gasteiger partial charge in [-0.15, -0.1) is 0 Å². The molecule has 5 heteroatoms. The van der Waals surface area contributed by atoms with Gasteiger partial charge in [-0.25, -0.2) is 0 Å². The number of carbonyl (C=O) groups is 2. The Bertz CT molecular complexity index is 754. The predicted molar refractivity (Wildman–Crippen MR) is 95.4 cm³/mol. The van der Waals surface area contributed by atoms with Crippen LogP contribution in [0.4, 0.5) is 11.4 Å². The smallest absolute Gasteiger partial charge is 0.314 e. The summed E-state index contributed by atoms with van der Waals surface area (Å²) in [6.07, 6.45) is -0.0351. The molecular weight excluding hydrogens is 304 g/mol. The van der Waals surface area contributed by atoms with Crippen LogP contribution in [0.15, 0.2) is 42.5 Å². The second-order valence-corrected chi connectivity index (χ2v) is 5.89. The summed E-state index contributed by atoms with van der Waals surface area (Å²) >= 11 is 0. The third kappa shape index (κ3) is 4.59. The van der Waals surface area contributed by atoms with E-state index in [2.05, 4.69) is 10.6 Å². The molecule has 0 radical (unpaired) electrons. The van der Waals surface area contributed by atoms with Crippen LogP contribution in [0.25, 0.3) is 0 Å². The van der Waals surface area contributed by atoms with Gasteiger partial charge in [-0.05, 0) is 51.5 Å². The quantitative estimate of drug-likeness (QED) is 0.843. The van der Waals surface area contributed by atoms with Crippen molar-refractivity contribution in [1.82, 2.24) is 0 Å². The van der Waals surface area contributed by atoms with Gasteiger partial charge >= 0.3 is 11.8 Å². The van der Waals surface area contributed by atoms with Gasteiger partial charge in [0.25, 0.3) is 0 Å². The summed E-state index contributed by atoms with van der Waals surface area (Å²) in [5.74, 6) is -0.934. The molecular formula is C19H22N2O3. The van der Waals surface area contributed by atoms with Crippen molar-refractivity contribution in [2.45, 2.75) is 33.8 Å². The summed E-state index contributed by atoms with van der Waals surface area (Å²) in [6, 6.07) is 12.6. The van der Waals surface area contributed by atoms with Gasteiger partial charge in [-0.2, -0.15) is 0 Å². The van der Waals surface area contributed by atoms with Crippen molar-refractivity contribution in [1.29, 1.82) is 0 Å². The molecule has 0 fully saturated rings. The van der Waals surface area contributed by atoms with Gasteiger partial charge in [0.05, 0.1) is 11.8 Å². The molecule has 0 unspecified atom stereocenters. The molecule has 2 amide bonds. The Kier molecular flexibility index (Phi) is 5.58. The molecule has 0 saturated carbocycles. The summed E-state index contributed by atoms with van der Waals surface area (Å²) in [5, 5.41) is 5.22. The van der Waals surface area contributed by atoms with E-state index in [0.29, 0.717) is 17.1 Å². The molecule has 2 N–H and O–H groups in total. The van der Waals surface area contributed by atoms with E-state index in [1.807, 2.05) is 45.9 Å². The highest BCUT2D eigenvalue weighted by molar-refractivity contribution is 6.43. The lowest BCUT2D eigenvalue weighted by atomic mass is 10.1. The van der Waals surface area contributed by atoms with Gasteiger partial charge in [0, 0.05) is 5.69 Å². The van der Waals surface area contributed by atoms with E-state index in [0.717, 1.165) is 11.1 Å². The maximum atomic E-state index is 12.2. The van der Waals surface area contributed by atoms with Crippen LogP contribution in [0.1, 0.15) is 25.0 Å². The minimum Gasteiger partial charge on any atom is -0.489 e. The third-order valence-electron chi connectivity index (χ3n) is 3.33. The topological polar surface area (TPSA) is 67.4 Å². The first-order valence-electron chi connectivity index (χ1n) is 7.82. The van der Waals surface area contributed by atoms with Crippen LogP contribution in [0.3, 0.4) is 0 Å². The Morgan fingerprint density at radius 3 is 2.17 bits per heavy atom. The van der Waals surface area contributed by atoms with E-state index in [4.69, 9.17) is 4.74 Å². The summed E-state index contributed by atoms with van der Waals surface area (Å²) in [4.78, 5) is 24.3. The first-order chi connectivity index (χ1) is 11.4. The number of para-hydroxylation sites is 2. The summed E-state index contributed by atoms with van der Waals surface area (Å²) in [7, 11) is 0. The SMILES string of the molecule is Cc1ccc(NC(=O)C(=O)Nc2ccccc2OC(C)C)c(C)c1. The molecule has 0 aliphatic carbocycles. The maximum absolute atomic E-state index is 12.2. The number of benzene rings is 2.